The van der Waals surface area contributed by atoms with Gasteiger partial charge in [0.25, 0.3) is 12.3 Å². The molecule has 0 atom stereocenters. The summed E-state index contributed by atoms with van der Waals surface area (Å²) >= 11 is 0. The van der Waals surface area contributed by atoms with Crippen LogP contribution in [0.2, 0.25) is 0 Å². The maximum absolute atomic E-state index is 12.8. The first-order valence-electron chi connectivity index (χ1n) is 7.85. The van der Waals surface area contributed by atoms with E-state index in [1.165, 1.54) is 18.2 Å². The molecule has 5 nitrogen and oxygen atoms in total. The Morgan fingerprint density at radius 3 is 2.58 bits per heavy atom. The fraction of sp³-hybridized carbons (Fsp3) is 0.412. The molecule has 1 fully saturated rings. The van der Waals surface area contributed by atoms with Crippen molar-refractivity contribution in [2.75, 3.05) is 18.8 Å². The smallest absolute Gasteiger partial charge is 0.264 e. The van der Waals surface area contributed by atoms with Gasteiger partial charge in [-0.2, -0.15) is 0 Å². The zero-order valence-electron chi connectivity index (χ0n) is 13.3. The van der Waals surface area contributed by atoms with Crippen LogP contribution in [-0.4, -0.2) is 29.1 Å². The van der Waals surface area contributed by atoms with E-state index in [-0.39, 0.29) is 23.3 Å². The molecular weight excluding hydrogens is 316 g/mol. The molecule has 1 amide bonds. The monoisotopic (exact) mass is 335 g/mol. The van der Waals surface area contributed by atoms with Crippen LogP contribution in [0.1, 0.15) is 52.4 Å². The van der Waals surface area contributed by atoms with Gasteiger partial charge in [0.1, 0.15) is 0 Å². The Bertz CT molecular complexity index is 737. The van der Waals surface area contributed by atoms with Gasteiger partial charge >= 0.3 is 0 Å². The van der Waals surface area contributed by atoms with Crippen LogP contribution in [-0.2, 0) is 0 Å². The van der Waals surface area contributed by atoms with Gasteiger partial charge in [0, 0.05) is 36.2 Å². The number of nitrogen functional groups attached to an aromatic ring is 1. The molecule has 2 aromatic rings. The molecule has 1 aliphatic heterocycles. The predicted molar refractivity (Wildman–Crippen MR) is 84.9 cm³/mol. The predicted octanol–water partition coefficient (Wildman–Crippen LogP) is 3.52. The Hall–Kier alpha value is -2.44. The first-order valence-corrected chi connectivity index (χ1v) is 7.85. The lowest BCUT2D eigenvalue weighted by Crippen LogP contribution is -2.38. The molecule has 3 rings (SSSR count). The molecule has 24 heavy (non-hydrogen) atoms. The van der Waals surface area contributed by atoms with Crippen LogP contribution in [0.5, 0.6) is 0 Å². The number of nitrogens with zero attached hydrogens (tertiary/aromatic N) is 2. The van der Waals surface area contributed by atoms with Crippen molar-refractivity contribution in [2.24, 2.45) is 0 Å². The number of hydrogen-bond acceptors (Lipinski definition) is 4. The standard InChI is InChI=1S/C17H19F2N3O2/c1-10-8-12(2-3-13(10)16(18)19)17(23)22-6-4-11(5-7-22)14-9-15(20)24-21-14/h2-3,8-9,11,16H,4-7,20H2,1H3. The first-order chi connectivity index (χ1) is 11.5. The van der Waals surface area contributed by atoms with Crippen LogP contribution in [0.4, 0.5) is 14.7 Å². The number of rotatable bonds is 3. The topological polar surface area (TPSA) is 72.4 Å². The van der Waals surface area contributed by atoms with Gasteiger partial charge in [-0.05, 0) is 37.5 Å². The molecule has 2 N–H and O–H groups in total. The summed E-state index contributed by atoms with van der Waals surface area (Å²) in [7, 11) is 0. The summed E-state index contributed by atoms with van der Waals surface area (Å²) in [5.74, 6) is 0.383. The molecule has 2 heterocycles. The van der Waals surface area contributed by atoms with E-state index in [1.54, 1.807) is 17.9 Å². The second kappa shape index (κ2) is 6.59. The summed E-state index contributed by atoms with van der Waals surface area (Å²) < 4.78 is 30.5. The number of carbonyl (C=O) groups excluding carboxylic acids is 1. The van der Waals surface area contributed by atoms with Gasteiger partial charge in [-0.3, -0.25) is 4.79 Å². The number of carbonyl (C=O) groups is 1. The second-order valence-electron chi connectivity index (χ2n) is 6.09. The molecular formula is C17H19F2N3O2. The van der Waals surface area contributed by atoms with Gasteiger partial charge in [0.15, 0.2) is 0 Å². The third kappa shape index (κ3) is 3.25. The van der Waals surface area contributed by atoms with E-state index in [4.69, 9.17) is 10.3 Å². The lowest BCUT2D eigenvalue weighted by molar-refractivity contribution is 0.0711. The second-order valence-corrected chi connectivity index (χ2v) is 6.09. The third-order valence-electron chi connectivity index (χ3n) is 4.50. The van der Waals surface area contributed by atoms with Crippen molar-refractivity contribution < 1.29 is 18.1 Å². The maximum Gasteiger partial charge on any atom is 0.264 e. The van der Waals surface area contributed by atoms with Gasteiger partial charge < -0.3 is 15.2 Å². The zero-order valence-corrected chi connectivity index (χ0v) is 13.3. The number of anilines is 1. The highest BCUT2D eigenvalue weighted by atomic mass is 19.3. The third-order valence-corrected chi connectivity index (χ3v) is 4.50. The zero-order chi connectivity index (χ0) is 17.3. The Morgan fingerprint density at radius 1 is 1.33 bits per heavy atom. The lowest BCUT2D eigenvalue weighted by atomic mass is 9.93. The van der Waals surface area contributed by atoms with E-state index < -0.39 is 6.43 Å². The molecule has 1 aliphatic rings. The number of piperidine rings is 1. The number of alkyl halides is 2. The number of nitrogens with two attached hydrogens (primary N) is 1. The van der Waals surface area contributed by atoms with Gasteiger partial charge in [0.2, 0.25) is 5.88 Å². The summed E-state index contributed by atoms with van der Waals surface area (Å²) in [6.07, 6.45) is -0.989. The summed E-state index contributed by atoms with van der Waals surface area (Å²) in [6.45, 7) is 2.78. The highest BCUT2D eigenvalue weighted by Crippen LogP contribution is 2.29. The van der Waals surface area contributed by atoms with Crippen LogP contribution >= 0.6 is 0 Å². The minimum Gasteiger partial charge on any atom is -0.368 e. The van der Waals surface area contributed by atoms with Gasteiger partial charge in [-0.15, -0.1) is 0 Å². The molecule has 0 saturated carbocycles. The van der Waals surface area contributed by atoms with E-state index in [9.17, 15) is 13.6 Å². The van der Waals surface area contributed by atoms with Crippen molar-refractivity contribution in [3.63, 3.8) is 0 Å². The van der Waals surface area contributed by atoms with Crippen LogP contribution in [0, 0.1) is 6.92 Å². The molecule has 7 heteroatoms. The molecule has 1 aromatic heterocycles. The quantitative estimate of drug-likeness (QED) is 0.931. The van der Waals surface area contributed by atoms with E-state index in [1.807, 2.05) is 0 Å². The molecule has 128 valence electrons. The van der Waals surface area contributed by atoms with Gasteiger partial charge in [0.05, 0.1) is 5.69 Å². The summed E-state index contributed by atoms with van der Waals surface area (Å²) in [5.41, 5.74) is 7.20. The Morgan fingerprint density at radius 2 is 2.04 bits per heavy atom. The highest BCUT2D eigenvalue weighted by Gasteiger charge is 2.26. The minimum atomic E-state index is -2.53. The molecule has 0 unspecified atom stereocenters. The molecule has 0 radical (unpaired) electrons. The number of aryl methyl sites for hydroxylation is 1. The van der Waals surface area contributed by atoms with Crippen molar-refractivity contribution in [3.8, 4) is 0 Å². The summed E-state index contributed by atoms with van der Waals surface area (Å²) in [6, 6.07) is 6.06. The average molecular weight is 335 g/mol. The van der Waals surface area contributed by atoms with Crippen molar-refractivity contribution in [1.82, 2.24) is 10.1 Å². The van der Waals surface area contributed by atoms with E-state index in [0.717, 1.165) is 18.5 Å². The van der Waals surface area contributed by atoms with Crippen molar-refractivity contribution in [3.05, 3.63) is 46.6 Å². The van der Waals surface area contributed by atoms with Crippen LogP contribution in [0.25, 0.3) is 0 Å². The molecule has 0 spiro atoms. The number of amides is 1. The number of aromatic nitrogens is 1. The van der Waals surface area contributed by atoms with Crippen molar-refractivity contribution in [1.29, 1.82) is 0 Å². The van der Waals surface area contributed by atoms with E-state index in [2.05, 4.69) is 5.16 Å². The Balaban J connectivity index is 1.66. The van der Waals surface area contributed by atoms with Crippen LogP contribution in [0.3, 0.4) is 0 Å². The molecule has 1 aromatic carbocycles. The normalized spacial score (nSPS) is 15.9. The van der Waals surface area contributed by atoms with Crippen LogP contribution < -0.4 is 5.73 Å². The largest absolute Gasteiger partial charge is 0.368 e. The fourth-order valence-electron chi connectivity index (χ4n) is 3.11. The number of likely N-dealkylation sites (tertiary alicyclic amines) is 1. The SMILES string of the molecule is Cc1cc(C(=O)N2CCC(c3cc(N)on3)CC2)ccc1C(F)F. The number of benzene rings is 1. The number of halogens is 2. The summed E-state index contributed by atoms with van der Waals surface area (Å²) in [5, 5.41) is 3.93. The molecule has 1 saturated heterocycles. The van der Waals surface area contributed by atoms with Gasteiger partial charge in [-0.1, -0.05) is 11.2 Å². The first kappa shape index (κ1) is 16.4. The van der Waals surface area contributed by atoms with Crippen LogP contribution in [0.15, 0.2) is 28.8 Å². The summed E-state index contributed by atoms with van der Waals surface area (Å²) in [4.78, 5) is 14.3. The average Bonchev–Trinajstić information content (AvgIpc) is 3.00. The highest BCUT2D eigenvalue weighted by molar-refractivity contribution is 5.94. The van der Waals surface area contributed by atoms with Crippen molar-refractivity contribution >= 4 is 11.8 Å². The fourth-order valence-corrected chi connectivity index (χ4v) is 3.11. The molecule has 0 aliphatic carbocycles. The Labute approximate surface area is 138 Å². The maximum atomic E-state index is 12.8. The van der Waals surface area contributed by atoms with E-state index >= 15 is 0 Å². The van der Waals surface area contributed by atoms with Gasteiger partial charge in [-0.25, -0.2) is 8.78 Å². The number of hydrogen-bond donors (Lipinski definition) is 1. The molecule has 0 bridgehead atoms. The Kier molecular flexibility index (Phi) is 4.51. The lowest BCUT2D eigenvalue weighted by Gasteiger charge is -2.31. The minimum absolute atomic E-state index is 0.0334. The van der Waals surface area contributed by atoms with E-state index in [0.29, 0.717) is 24.2 Å². The van der Waals surface area contributed by atoms with Crippen molar-refractivity contribution in [2.45, 2.75) is 32.1 Å².